The molecule has 0 atom stereocenters. The van der Waals surface area contributed by atoms with Crippen molar-refractivity contribution in [3.8, 4) is 0 Å². The number of hydrogen-bond acceptors (Lipinski definition) is 4. The highest BCUT2D eigenvalue weighted by Crippen LogP contribution is 2.18. The predicted octanol–water partition coefficient (Wildman–Crippen LogP) is 3.57. The van der Waals surface area contributed by atoms with Crippen LogP contribution in [0.15, 0.2) is 53.4 Å². The van der Waals surface area contributed by atoms with Crippen molar-refractivity contribution in [2.75, 3.05) is 11.9 Å². The largest absolute Gasteiger partial charge is 0.352 e. The zero-order valence-electron chi connectivity index (χ0n) is 17.2. The van der Waals surface area contributed by atoms with Crippen LogP contribution < -0.4 is 15.4 Å². The second kappa shape index (κ2) is 10.1. The Morgan fingerprint density at radius 3 is 2.33 bits per heavy atom. The highest BCUT2D eigenvalue weighted by Gasteiger charge is 2.22. The molecule has 0 aromatic heterocycles. The van der Waals surface area contributed by atoms with E-state index in [9.17, 15) is 18.0 Å². The summed E-state index contributed by atoms with van der Waals surface area (Å²) in [5.41, 5.74) is 0.266. The molecule has 0 heterocycles. The van der Waals surface area contributed by atoms with E-state index in [0.717, 1.165) is 0 Å². The molecule has 0 aliphatic rings. The fraction of sp³-hybridized carbons (Fsp3) is 0.333. The highest BCUT2D eigenvalue weighted by atomic mass is 35.5. The van der Waals surface area contributed by atoms with Crippen LogP contribution in [-0.4, -0.2) is 32.3 Å². The maximum absolute atomic E-state index is 12.4. The number of anilines is 1. The lowest BCUT2D eigenvalue weighted by Crippen LogP contribution is -2.40. The van der Waals surface area contributed by atoms with Crippen molar-refractivity contribution in [1.82, 2.24) is 10.0 Å². The van der Waals surface area contributed by atoms with Gasteiger partial charge >= 0.3 is 0 Å². The minimum Gasteiger partial charge on any atom is -0.352 e. The van der Waals surface area contributed by atoms with E-state index >= 15 is 0 Å². The minimum absolute atomic E-state index is 0.0745. The van der Waals surface area contributed by atoms with Gasteiger partial charge in [-0.05, 0) is 69.7 Å². The monoisotopic (exact) mass is 451 g/mol. The topological polar surface area (TPSA) is 104 Å². The number of halogens is 1. The van der Waals surface area contributed by atoms with Crippen molar-refractivity contribution >= 4 is 39.1 Å². The zero-order valence-corrected chi connectivity index (χ0v) is 18.7. The van der Waals surface area contributed by atoms with Crippen molar-refractivity contribution in [2.24, 2.45) is 0 Å². The average molecular weight is 452 g/mol. The molecular formula is C21H26ClN3O4S. The summed E-state index contributed by atoms with van der Waals surface area (Å²) in [7, 11) is -3.69. The number of amides is 2. The average Bonchev–Trinajstić information content (AvgIpc) is 2.64. The first-order valence-electron chi connectivity index (χ1n) is 9.44. The normalized spacial score (nSPS) is 11.7. The number of rotatable bonds is 8. The molecule has 162 valence electrons. The van der Waals surface area contributed by atoms with Crippen molar-refractivity contribution in [3.63, 3.8) is 0 Å². The van der Waals surface area contributed by atoms with Gasteiger partial charge in [-0.25, -0.2) is 13.1 Å². The van der Waals surface area contributed by atoms with Crippen molar-refractivity contribution in [1.29, 1.82) is 0 Å². The minimum atomic E-state index is -3.69. The van der Waals surface area contributed by atoms with Gasteiger partial charge < -0.3 is 10.6 Å². The van der Waals surface area contributed by atoms with Crippen LogP contribution in [0.25, 0.3) is 0 Å². The third-order valence-corrected chi connectivity index (χ3v) is 5.85. The van der Waals surface area contributed by atoms with Gasteiger partial charge in [0.2, 0.25) is 15.9 Å². The first kappa shape index (κ1) is 23.9. The first-order valence-corrected chi connectivity index (χ1v) is 11.3. The third kappa shape index (κ3) is 7.78. The number of benzene rings is 2. The molecule has 30 heavy (non-hydrogen) atoms. The van der Waals surface area contributed by atoms with E-state index in [1.54, 1.807) is 57.2 Å². The molecule has 0 spiro atoms. The van der Waals surface area contributed by atoms with Crippen LogP contribution in [0.4, 0.5) is 5.69 Å². The number of carbonyl (C=O) groups excluding carboxylic acids is 2. The molecule has 0 radical (unpaired) electrons. The molecular weight excluding hydrogens is 426 g/mol. The number of nitrogens with one attached hydrogen (secondary N) is 3. The Labute approximate surface area is 182 Å². The first-order chi connectivity index (χ1) is 14.0. The highest BCUT2D eigenvalue weighted by molar-refractivity contribution is 7.89. The molecule has 0 aliphatic heterocycles. The van der Waals surface area contributed by atoms with Crippen LogP contribution in [-0.2, 0) is 14.8 Å². The fourth-order valence-corrected chi connectivity index (χ4v) is 4.17. The maximum Gasteiger partial charge on any atom is 0.251 e. The summed E-state index contributed by atoms with van der Waals surface area (Å²) in [6.45, 7) is 5.59. The van der Waals surface area contributed by atoms with Gasteiger partial charge in [-0.15, -0.1) is 0 Å². The Hall–Kier alpha value is -2.42. The summed E-state index contributed by atoms with van der Waals surface area (Å²) in [6, 6.07) is 12.6. The predicted molar refractivity (Wildman–Crippen MR) is 118 cm³/mol. The second-order valence-corrected chi connectivity index (χ2v) is 9.92. The van der Waals surface area contributed by atoms with Gasteiger partial charge in [0.1, 0.15) is 0 Å². The SMILES string of the molecule is CC(C)(C)NS(=O)(=O)c1cccc(NC(=O)CCCNC(=O)c2ccc(Cl)cc2)c1. The van der Waals surface area contributed by atoms with E-state index in [1.165, 1.54) is 12.1 Å². The quantitative estimate of drug-likeness (QED) is 0.533. The molecule has 0 fully saturated rings. The van der Waals surface area contributed by atoms with Gasteiger partial charge in [-0.3, -0.25) is 9.59 Å². The van der Waals surface area contributed by atoms with E-state index in [4.69, 9.17) is 11.6 Å². The molecule has 3 N–H and O–H groups in total. The van der Waals surface area contributed by atoms with Gasteiger partial charge in [0.05, 0.1) is 4.90 Å². The summed E-state index contributed by atoms with van der Waals surface area (Å²) >= 11 is 5.79. The van der Waals surface area contributed by atoms with Crippen LogP contribution in [0, 0.1) is 0 Å². The number of sulfonamides is 1. The van der Waals surface area contributed by atoms with Crippen LogP contribution in [0.5, 0.6) is 0 Å². The summed E-state index contributed by atoms with van der Waals surface area (Å²) in [5.74, 6) is -0.509. The van der Waals surface area contributed by atoms with Crippen LogP contribution >= 0.6 is 11.6 Å². The van der Waals surface area contributed by atoms with Crippen LogP contribution in [0.2, 0.25) is 5.02 Å². The zero-order chi connectivity index (χ0) is 22.4. The number of hydrogen-bond donors (Lipinski definition) is 3. The second-order valence-electron chi connectivity index (χ2n) is 7.80. The standard InChI is InChI=1S/C21H26ClN3O4S/c1-21(2,3)25-30(28,29)18-7-4-6-17(14-18)24-19(26)8-5-13-23-20(27)15-9-11-16(22)12-10-15/h4,6-7,9-12,14,25H,5,8,13H2,1-3H3,(H,23,27)(H,24,26). The Balaban J connectivity index is 1.84. The summed E-state index contributed by atoms with van der Waals surface area (Å²) in [4.78, 5) is 24.2. The molecule has 2 aromatic carbocycles. The smallest absolute Gasteiger partial charge is 0.251 e. The molecule has 0 saturated heterocycles. The van der Waals surface area contributed by atoms with Crippen molar-refractivity contribution in [3.05, 3.63) is 59.1 Å². The van der Waals surface area contributed by atoms with Crippen molar-refractivity contribution < 1.29 is 18.0 Å². The number of carbonyl (C=O) groups is 2. The van der Waals surface area contributed by atoms with Gasteiger partial charge in [-0.1, -0.05) is 17.7 Å². The molecule has 9 heteroatoms. The Bertz CT molecular complexity index is 1000. The van der Waals surface area contributed by atoms with Gasteiger partial charge in [-0.2, -0.15) is 0 Å². The summed E-state index contributed by atoms with van der Waals surface area (Å²) in [5, 5.41) is 5.97. The molecule has 7 nitrogen and oxygen atoms in total. The van der Waals surface area contributed by atoms with Crippen molar-refractivity contribution in [2.45, 2.75) is 44.0 Å². The van der Waals surface area contributed by atoms with Crippen LogP contribution in [0.1, 0.15) is 44.0 Å². The van der Waals surface area contributed by atoms with Crippen LogP contribution in [0.3, 0.4) is 0 Å². The van der Waals surface area contributed by atoms with Gasteiger partial charge in [0, 0.05) is 34.8 Å². The molecule has 0 saturated carbocycles. The molecule has 0 aliphatic carbocycles. The van der Waals surface area contributed by atoms with E-state index in [0.29, 0.717) is 29.2 Å². The lowest BCUT2D eigenvalue weighted by Gasteiger charge is -2.20. The maximum atomic E-state index is 12.4. The lowest BCUT2D eigenvalue weighted by atomic mass is 10.1. The molecule has 0 bridgehead atoms. The van der Waals surface area contributed by atoms with Gasteiger partial charge in [0.15, 0.2) is 0 Å². The van der Waals surface area contributed by atoms with E-state index in [1.807, 2.05) is 0 Å². The molecule has 2 rings (SSSR count). The summed E-state index contributed by atoms with van der Waals surface area (Å²) in [6.07, 6.45) is 0.618. The Morgan fingerprint density at radius 1 is 1.03 bits per heavy atom. The Kier molecular flexibility index (Phi) is 8.00. The third-order valence-electron chi connectivity index (χ3n) is 3.84. The summed E-state index contributed by atoms with van der Waals surface area (Å²) < 4.78 is 27.4. The Morgan fingerprint density at radius 2 is 1.70 bits per heavy atom. The molecule has 0 unspecified atom stereocenters. The van der Waals surface area contributed by atoms with Gasteiger partial charge in [0.25, 0.3) is 5.91 Å². The van der Waals surface area contributed by atoms with E-state index < -0.39 is 15.6 Å². The molecule has 2 aromatic rings. The van der Waals surface area contributed by atoms with E-state index in [-0.39, 0.29) is 23.1 Å². The lowest BCUT2D eigenvalue weighted by molar-refractivity contribution is -0.116. The molecule has 2 amide bonds. The fourth-order valence-electron chi connectivity index (χ4n) is 2.58. The van der Waals surface area contributed by atoms with E-state index in [2.05, 4.69) is 15.4 Å².